The van der Waals surface area contributed by atoms with Gasteiger partial charge in [-0.1, -0.05) is 29.8 Å². The lowest BCUT2D eigenvalue weighted by molar-refractivity contribution is -0.142. The average molecular weight is 282 g/mol. The zero-order valence-electron chi connectivity index (χ0n) is 10.9. The standard InChI is InChI=1S/C14H16ClNO3/c1-8(17)10-7-12(14(18)19-2)16-13(10)9-5-3-4-6-11(9)15/h3-6,10,12-13,16H,7H2,1-2H3/t10-,12+,13+/m1/s1. The van der Waals surface area contributed by atoms with E-state index in [1.165, 1.54) is 14.0 Å². The highest BCUT2D eigenvalue weighted by molar-refractivity contribution is 6.31. The van der Waals surface area contributed by atoms with Crippen LogP contribution in [0.3, 0.4) is 0 Å². The second-order valence-electron chi connectivity index (χ2n) is 4.69. The van der Waals surface area contributed by atoms with Crippen molar-refractivity contribution in [2.75, 3.05) is 7.11 Å². The van der Waals surface area contributed by atoms with E-state index in [4.69, 9.17) is 16.3 Å². The van der Waals surface area contributed by atoms with Crippen LogP contribution < -0.4 is 5.32 Å². The summed E-state index contributed by atoms with van der Waals surface area (Å²) in [5.41, 5.74) is 0.843. The number of carbonyl (C=O) groups excluding carboxylic acids is 2. The molecule has 1 saturated heterocycles. The fourth-order valence-electron chi connectivity index (χ4n) is 2.53. The van der Waals surface area contributed by atoms with Crippen LogP contribution in [0.25, 0.3) is 0 Å². The molecule has 0 unspecified atom stereocenters. The van der Waals surface area contributed by atoms with Gasteiger partial charge in [0.05, 0.1) is 7.11 Å². The molecule has 0 bridgehead atoms. The third-order valence-electron chi connectivity index (χ3n) is 3.52. The van der Waals surface area contributed by atoms with Crippen LogP contribution in [0, 0.1) is 5.92 Å². The minimum Gasteiger partial charge on any atom is -0.468 e. The summed E-state index contributed by atoms with van der Waals surface area (Å²) in [6.45, 7) is 1.54. The molecule has 5 heteroatoms. The molecule has 1 aliphatic heterocycles. The summed E-state index contributed by atoms with van der Waals surface area (Å²) in [6, 6.07) is 6.65. The maximum Gasteiger partial charge on any atom is 0.322 e. The van der Waals surface area contributed by atoms with Crippen LogP contribution in [-0.2, 0) is 14.3 Å². The van der Waals surface area contributed by atoms with Crippen molar-refractivity contribution in [1.29, 1.82) is 0 Å². The van der Waals surface area contributed by atoms with Crippen LogP contribution >= 0.6 is 11.6 Å². The van der Waals surface area contributed by atoms with Crippen LogP contribution in [0.1, 0.15) is 24.9 Å². The Balaban J connectivity index is 2.30. The van der Waals surface area contributed by atoms with E-state index in [1.807, 2.05) is 18.2 Å². The maximum absolute atomic E-state index is 11.8. The van der Waals surface area contributed by atoms with Crippen molar-refractivity contribution in [3.05, 3.63) is 34.9 Å². The second-order valence-corrected chi connectivity index (χ2v) is 5.10. The summed E-state index contributed by atoms with van der Waals surface area (Å²) < 4.78 is 4.73. The minimum absolute atomic E-state index is 0.0452. The molecule has 19 heavy (non-hydrogen) atoms. The Kier molecular flexibility index (Phi) is 4.22. The first-order valence-corrected chi connectivity index (χ1v) is 6.51. The van der Waals surface area contributed by atoms with Crippen LogP contribution in [0.5, 0.6) is 0 Å². The number of esters is 1. The third-order valence-corrected chi connectivity index (χ3v) is 3.87. The van der Waals surface area contributed by atoms with Gasteiger partial charge in [-0.05, 0) is 25.0 Å². The number of carbonyl (C=O) groups is 2. The fourth-order valence-corrected chi connectivity index (χ4v) is 2.79. The Morgan fingerprint density at radius 2 is 2.05 bits per heavy atom. The van der Waals surface area contributed by atoms with E-state index in [1.54, 1.807) is 6.07 Å². The molecule has 3 atom stereocenters. The van der Waals surface area contributed by atoms with Gasteiger partial charge >= 0.3 is 5.97 Å². The first kappa shape index (κ1) is 14.0. The van der Waals surface area contributed by atoms with Crippen molar-refractivity contribution in [2.45, 2.75) is 25.4 Å². The summed E-state index contributed by atoms with van der Waals surface area (Å²) in [5, 5.41) is 3.74. The number of benzene rings is 1. The van der Waals surface area contributed by atoms with Gasteiger partial charge < -0.3 is 4.74 Å². The van der Waals surface area contributed by atoms with E-state index >= 15 is 0 Å². The lowest BCUT2D eigenvalue weighted by Crippen LogP contribution is -2.33. The quantitative estimate of drug-likeness (QED) is 0.863. The molecule has 1 aliphatic rings. The number of Topliss-reactive ketones (excluding diaryl/α,β-unsaturated/α-hetero) is 1. The van der Waals surface area contributed by atoms with Gasteiger partial charge in [-0.3, -0.25) is 14.9 Å². The van der Waals surface area contributed by atoms with Gasteiger partial charge in [-0.15, -0.1) is 0 Å². The van der Waals surface area contributed by atoms with Crippen LogP contribution in [-0.4, -0.2) is 24.9 Å². The molecule has 0 aromatic heterocycles. The molecule has 0 aliphatic carbocycles. The number of rotatable bonds is 3. The van der Waals surface area contributed by atoms with E-state index in [-0.39, 0.29) is 23.7 Å². The van der Waals surface area contributed by atoms with Gasteiger partial charge in [0.15, 0.2) is 0 Å². The number of hydrogen-bond donors (Lipinski definition) is 1. The molecule has 0 spiro atoms. The van der Waals surface area contributed by atoms with Gasteiger partial charge in [0.1, 0.15) is 11.8 Å². The van der Waals surface area contributed by atoms with Crippen molar-refractivity contribution in [2.24, 2.45) is 5.92 Å². The molecule has 1 fully saturated rings. The molecular formula is C14H16ClNO3. The van der Waals surface area contributed by atoms with Crippen molar-refractivity contribution in [3.63, 3.8) is 0 Å². The summed E-state index contributed by atoms with van der Waals surface area (Å²) in [6.07, 6.45) is 0.442. The molecule has 4 nitrogen and oxygen atoms in total. The summed E-state index contributed by atoms with van der Waals surface area (Å²) in [5.74, 6) is -0.561. The number of halogens is 1. The average Bonchev–Trinajstić information content (AvgIpc) is 2.83. The van der Waals surface area contributed by atoms with Gasteiger partial charge in [0.25, 0.3) is 0 Å². The third kappa shape index (κ3) is 2.80. The van der Waals surface area contributed by atoms with Gasteiger partial charge in [0.2, 0.25) is 0 Å². The van der Waals surface area contributed by atoms with Crippen molar-refractivity contribution in [3.8, 4) is 0 Å². The van der Waals surface area contributed by atoms with E-state index < -0.39 is 6.04 Å². The Labute approximate surface area is 117 Å². The molecular weight excluding hydrogens is 266 g/mol. The highest BCUT2D eigenvalue weighted by Crippen LogP contribution is 2.36. The predicted molar refractivity (Wildman–Crippen MR) is 71.9 cm³/mol. The van der Waals surface area contributed by atoms with Crippen LogP contribution in [0.4, 0.5) is 0 Å². The van der Waals surface area contributed by atoms with Crippen molar-refractivity contribution >= 4 is 23.4 Å². The van der Waals surface area contributed by atoms with Crippen LogP contribution in [0.2, 0.25) is 5.02 Å². The number of nitrogens with one attached hydrogen (secondary N) is 1. The Hall–Kier alpha value is -1.39. The molecule has 0 saturated carbocycles. The summed E-state index contributed by atoms with van der Waals surface area (Å²) in [7, 11) is 1.34. The Bertz CT molecular complexity index is 503. The monoisotopic (exact) mass is 281 g/mol. The van der Waals surface area contributed by atoms with Gasteiger partial charge in [-0.2, -0.15) is 0 Å². The van der Waals surface area contributed by atoms with E-state index in [0.29, 0.717) is 11.4 Å². The number of hydrogen-bond acceptors (Lipinski definition) is 4. The van der Waals surface area contributed by atoms with Gasteiger partial charge in [-0.25, -0.2) is 0 Å². The fraction of sp³-hybridized carbons (Fsp3) is 0.429. The largest absolute Gasteiger partial charge is 0.468 e. The first-order chi connectivity index (χ1) is 9.04. The topological polar surface area (TPSA) is 55.4 Å². The normalized spacial score (nSPS) is 26.2. The molecule has 102 valence electrons. The maximum atomic E-state index is 11.8. The zero-order valence-corrected chi connectivity index (χ0v) is 11.6. The summed E-state index contributed by atoms with van der Waals surface area (Å²) in [4.78, 5) is 23.4. The molecule has 1 aromatic carbocycles. The second kappa shape index (κ2) is 5.72. The Morgan fingerprint density at radius 3 is 2.63 bits per heavy atom. The van der Waals surface area contributed by atoms with Crippen LogP contribution in [0.15, 0.2) is 24.3 Å². The Morgan fingerprint density at radius 1 is 1.37 bits per heavy atom. The number of ketones is 1. The molecule has 2 rings (SSSR count). The number of methoxy groups -OCH3 is 1. The lowest BCUT2D eigenvalue weighted by atomic mass is 9.90. The first-order valence-electron chi connectivity index (χ1n) is 6.13. The number of ether oxygens (including phenoxy) is 1. The lowest BCUT2D eigenvalue weighted by Gasteiger charge is -2.18. The molecule has 1 aromatic rings. The molecule has 1 heterocycles. The predicted octanol–water partition coefficient (Wildman–Crippen LogP) is 2.12. The highest BCUT2D eigenvalue weighted by atomic mass is 35.5. The van der Waals surface area contributed by atoms with Crippen molar-refractivity contribution < 1.29 is 14.3 Å². The van der Waals surface area contributed by atoms with E-state index in [9.17, 15) is 9.59 Å². The highest BCUT2D eigenvalue weighted by Gasteiger charge is 2.41. The van der Waals surface area contributed by atoms with E-state index in [2.05, 4.69) is 5.32 Å². The SMILES string of the molecule is COC(=O)[C@@H]1C[C@H](C(C)=O)[C@H](c2ccccc2Cl)N1. The molecule has 0 radical (unpaired) electrons. The minimum atomic E-state index is -0.458. The molecule has 0 amide bonds. The van der Waals surface area contributed by atoms with E-state index in [0.717, 1.165) is 5.56 Å². The smallest absolute Gasteiger partial charge is 0.322 e. The molecule has 1 N–H and O–H groups in total. The summed E-state index contributed by atoms with van der Waals surface area (Å²) >= 11 is 6.17. The van der Waals surface area contributed by atoms with Gasteiger partial charge in [0, 0.05) is 17.0 Å². The zero-order chi connectivity index (χ0) is 14.0. The van der Waals surface area contributed by atoms with Crippen molar-refractivity contribution in [1.82, 2.24) is 5.32 Å².